The van der Waals surface area contributed by atoms with Crippen molar-refractivity contribution in [3.8, 4) is 0 Å². The molecule has 1 rings (SSSR count). The van der Waals surface area contributed by atoms with E-state index in [9.17, 15) is 17.4 Å². The average Bonchev–Trinajstić information content (AvgIpc) is 1.99. The third-order valence-electron chi connectivity index (χ3n) is 1.32. The molecule has 1 unspecified atom stereocenters. The summed E-state index contributed by atoms with van der Waals surface area (Å²) in [5, 5.41) is 0. The summed E-state index contributed by atoms with van der Waals surface area (Å²) < 4.78 is 50.0. The van der Waals surface area contributed by atoms with Crippen molar-refractivity contribution in [2.75, 3.05) is 6.66 Å². The van der Waals surface area contributed by atoms with Gasteiger partial charge in [0.25, 0.3) is 0 Å². The minimum absolute atomic E-state index is 0.501. The second-order valence-electron chi connectivity index (χ2n) is 2.79. The van der Waals surface area contributed by atoms with E-state index < -0.39 is 28.4 Å². The van der Waals surface area contributed by atoms with Crippen LogP contribution in [0.2, 0.25) is 0 Å². The lowest BCUT2D eigenvalue weighted by Crippen LogP contribution is -2.04. The Morgan fingerprint density at radius 3 is 2.53 bits per heavy atom. The summed E-state index contributed by atoms with van der Waals surface area (Å²) in [5.41, 5.74) is 0. The van der Waals surface area contributed by atoms with E-state index in [0.29, 0.717) is 6.07 Å². The van der Waals surface area contributed by atoms with Crippen LogP contribution in [0.3, 0.4) is 0 Å². The predicted molar refractivity (Wildman–Crippen MR) is 50.4 cm³/mol. The minimum atomic E-state index is -4.39. The molecule has 0 saturated carbocycles. The molecule has 0 fully saturated rings. The molecule has 0 spiro atoms. The zero-order valence-corrected chi connectivity index (χ0v) is 9.33. The Kier molecular flexibility index (Phi) is 3.30. The Morgan fingerprint density at radius 2 is 2.07 bits per heavy atom. The molecule has 84 valence electrons. The smallest absolute Gasteiger partial charge is 0.324 e. The molecule has 1 N–H and O–H groups in total. The number of halogens is 1. The summed E-state index contributed by atoms with van der Waals surface area (Å²) in [6.45, 7) is 0.726. The molecule has 0 radical (unpaired) electrons. The lowest BCUT2D eigenvalue weighted by Gasteiger charge is -2.07. The van der Waals surface area contributed by atoms with E-state index in [0.717, 1.165) is 24.9 Å². The lowest BCUT2D eigenvalue weighted by molar-refractivity contribution is 0.383. The van der Waals surface area contributed by atoms with Gasteiger partial charge in [-0.05, 0) is 18.2 Å². The van der Waals surface area contributed by atoms with Crippen LogP contribution in [-0.4, -0.2) is 20.0 Å². The molecule has 5 nitrogen and oxygen atoms in total. The van der Waals surface area contributed by atoms with Crippen LogP contribution in [0.1, 0.15) is 0 Å². The van der Waals surface area contributed by atoms with Crippen LogP contribution in [0.5, 0.6) is 0 Å². The second-order valence-corrected chi connectivity index (χ2v) is 6.37. The highest BCUT2D eigenvalue weighted by atomic mass is 32.2. The Balaban J connectivity index is 3.13. The summed E-state index contributed by atoms with van der Waals surface area (Å²) in [6.07, 6.45) is 0. The SMILES string of the molecule is CP(=O)(O)OS(=O)(=O)c1cccc(F)c1. The first kappa shape index (κ1) is 12.3. The van der Waals surface area contributed by atoms with Crippen molar-refractivity contribution >= 4 is 17.7 Å². The first-order chi connectivity index (χ1) is 6.71. The average molecular weight is 254 g/mol. The highest BCUT2D eigenvalue weighted by molar-refractivity contribution is 7.91. The molecule has 0 aromatic heterocycles. The van der Waals surface area contributed by atoms with Gasteiger partial charge >= 0.3 is 17.7 Å². The van der Waals surface area contributed by atoms with Crippen LogP contribution in [-0.2, 0) is 18.7 Å². The third kappa shape index (κ3) is 3.71. The maximum Gasteiger partial charge on any atom is 0.339 e. The van der Waals surface area contributed by atoms with E-state index >= 15 is 0 Å². The van der Waals surface area contributed by atoms with Gasteiger partial charge in [0.2, 0.25) is 0 Å². The first-order valence-corrected chi connectivity index (χ1v) is 7.16. The summed E-state index contributed by atoms with van der Waals surface area (Å²) in [6, 6.07) is 3.96. The number of hydrogen-bond donors (Lipinski definition) is 1. The monoisotopic (exact) mass is 254 g/mol. The zero-order chi connectivity index (χ0) is 11.7. The van der Waals surface area contributed by atoms with Crippen LogP contribution in [0.15, 0.2) is 29.2 Å². The maximum atomic E-state index is 12.7. The van der Waals surface area contributed by atoms with Gasteiger partial charge in [0.05, 0.1) is 4.90 Å². The summed E-state index contributed by atoms with van der Waals surface area (Å²) >= 11 is 0. The van der Waals surface area contributed by atoms with E-state index in [1.165, 1.54) is 0 Å². The molecular formula is C7H8FO5PS. The van der Waals surface area contributed by atoms with E-state index in [1.807, 2.05) is 0 Å². The Labute approximate surface area is 86.2 Å². The van der Waals surface area contributed by atoms with Crippen LogP contribution in [0.4, 0.5) is 4.39 Å². The molecule has 1 aromatic rings. The van der Waals surface area contributed by atoms with Crippen molar-refractivity contribution in [2.45, 2.75) is 4.90 Å². The van der Waals surface area contributed by atoms with Crippen molar-refractivity contribution in [3.63, 3.8) is 0 Å². The number of benzene rings is 1. The second kappa shape index (κ2) is 4.02. The molecule has 8 heteroatoms. The molecule has 0 aliphatic rings. The van der Waals surface area contributed by atoms with Gasteiger partial charge in [-0.25, -0.2) is 4.39 Å². The molecule has 15 heavy (non-hydrogen) atoms. The Morgan fingerprint density at radius 1 is 1.47 bits per heavy atom. The van der Waals surface area contributed by atoms with Gasteiger partial charge in [-0.2, -0.15) is 12.4 Å². The zero-order valence-electron chi connectivity index (χ0n) is 7.62. The minimum Gasteiger partial charge on any atom is -0.324 e. The Hall–Kier alpha value is -0.750. The molecule has 0 bridgehead atoms. The highest BCUT2D eigenvalue weighted by Gasteiger charge is 2.24. The summed E-state index contributed by atoms with van der Waals surface area (Å²) in [5.74, 6) is -0.774. The molecule has 0 aliphatic heterocycles. The summed E-state index contributed by atoms with van der Waals surface area (Å²) in [4.78, 5) is 8.24. The molecule has 0 amide bonds. The van der Waals surface area contributed by atoms with E-state index in [-0.39, 0.29) is 0 Å². The van der Waals surface area contributed by atoms with E-state index in [1.54, 1.807) is 0 Å². The topological polar surface area (TPSA) is 80.7 Å². The molecule has 0 aliphatic carbocycles. The highest BCUT2D eigenvalue weighted by Crippen LogP contribution is 2.40. The number of hydrogen-bond acceptors (Lipinski definition) is 4. The first-order valence-electron chi connectivity index (χ1n) is 3.73. The quantitative estimate of drug-likeness (QED) is 0.823. The van der Waals surface area contributed by atoms with Gasteiger partial charge in [-0.1, -0.05) is 6.07 Å². The van der Waals surface area contributed by atoms with Crippen LogP contribution in [0, 0.1) is 5.82 Å². The van der Waals surface area contributed by atoms with Crippen molar-refractivity contribution in [3.05, 3.63) is 30.1 Å². The van der Waals surface area contributed by atoms with Gasteiger partial charge in [-0.15, -0.1) is 0 Å². The van der Waals surface area contributed by atoms with Gasteiger partial charge in [-0.3, -0.25) is 4.57 Å². The largest absolute Gasteiger partial charge is 0.339 e. The fourth-order valence-corrected chi connectivity index (χ4v) is 3.15. The van der Waals surface area contributed by atoms with Crippen molar-refractivity contribution in [1.29, 1.82) is 0 Å². The maximum absolute atomic E-state index is 12.7. The van der Waals surface area contributed by atoms with Gasteiger partial charge in [0.15, 0.2) is 0 Å². The number of rotatable bonds is 3. The van der Waals surface area contributed by atoms with Crippen molar-refractivity contribution in [2.24, 2.45) is 0 Å². The Bertz CT molecular complexity index is 506. The normalized spacial score (nSPS) is 15.9. The standard InChI is InChI=1S/C7H8FO5PS/c1-14(9,10)13-15(11,12)7-4-2-3-6(8)5-7/h2-5H,1H3,(H,9,10). The fourth-order valence-electron chi connectivity index (χ4n) is 0.848. The predicted octanol–water partition coefficient (Wildman–Crippen LogP) is 1.35. The van der Waals surface area contributed by atoms with Crippen molar-refractivity contribution < 1.29 is 26.2 Å². The van der Waals surface area contributed by atoms with Crippen LogP contribution < -0.4 is 0 Å². The van der Waals surface area contributed by atoms with Gasteiger partial charge in [0, 0.05) is 6.66 Å². The summed E-state index contributed by atoms with van der Waals surface area (Å²) in [7, 11) is -8.57. The molecule has 1 aromatic carbocycles. The van der Waals surface area contributed by atoms with Crippen molar-refractivity contribution in [1.82, 2.24) is 0 Å². The van der Waals surface area contributed by atoms with Crippen LogP contribution >= 0.6 is 7.60 Å². The molecule has 0 saturated heterocycles. The molecular weight excluding hydrogens is 246 g/mol. The molecule has 1 atom stereocenters. The lowest BCUT2D eigenvalue weighted by atomic mass is 10.4. The molecule has 0 heterocycles. The van der Waals surface area contributed by atoms with Gasteiger partial charge in [0.1, 0.15) is 5.82 Å². The van der Waals surface area contributed by atoms with Crippen LogP contribution in [0.25, 0.3) is 0 Å². The fraction of sp³-hybridized carbons (Fsp3) is 0.143. The third-order valence-corrected chi connectivity index (χ3v) is 4.04. The van der Waals surface area contributed by atoms with E-state index in [4.69, 9.17) is 4.89 Å². The van der Waals surface area contributed by atoms with Gasteiger partial charge < -0.3 is 4.89 Å². The van der Waals surface area contributed by atoms with E-state index in [2.05, 4.69) is 3.97 Å².